The molecule has 8 atom stereocenters. The maximum atomic E-state index is 13.2. The van der Waals surface area contributed by atoms with Crippen molar-refractivity contribution in [2.24, 2.45) is 0 Å². The standard InChI is InChI=1S/C24H26O14/c25-5-13-17(30)19(32)21(38-23-22(33)24(34,6-26)7-35-23)20(37-13)14-10(28)4-12-15(18(14)31)16(29)9-3-8(27)1-2-11(9)36-12/h1-4,13,17,19-23,25-28,30-34H,5-7H2/t13-,17-,19+,20+,21-,22+,23-,24+/m0/s1. The molecule has 206 valence electrons. The Morgan fingerprint density at radius 2 is 1.76 bits per heavy atom. The first-order valence-corrected chi connectivity index (χ1v) is 11.6. The van der Waals surface area contributed by atoms with Crippen molar-refractivity contribution >= 4 is 21.9 Å². The van der Waals surface area contributed by atoms with E-state index in [1.165, 1.54) is 12.1 Å². The first-order chi connectivity index (χ1) is 18.0. The average Bonchev–Trinajstić information content (AvgIpc) is 3.17. The molecule has 3 heterocycles. The van der Waals surface area contributed by atoms with Crippen LogP contribution in [0.2, 0.25) is 0 Å². The van der Waals surface area contributed by atoms with Crippen LogP contribution in [0.15, 0.2) is 33.5 Å². The molecule has 0 unspecified atom stereocenters. The minimum absolute atomic E-state index is 0.0598. The Labute approximate surface area is 212 Å². The molecule has 14 heteroatoms. The summed E-state index contributed by atoms with van der Waals surface area (Å²) in [6.45, 7) is -2.23. The summed E-state index contributed by atoms with van der Waals surface area (Å²) in [5.74, 6) is -1.75. The van der Waals surface area contributed by atoms with Gasteiger partial charge in [-0.2, -0.15) is 0 Å². The van der Waals surface area contributed by atoms with Crippen LogP contribution in [0, 0.1) is 0 Å². The van der Waals surface area contributed by atoms with Gasteiger partial charge in [-0.1, -0.05) is 0 Å². The van der Waals surface area contributed by atoms with E-state index in [1.807, 2.05) is 0 Å². The van der Waals surface area contributed by atoms with Crippen molar-refractivity contribution in [2.75, 3.05) is 19.8 Å². The zero-order valence-corrected chi connectivity index (χ0v) is 19.5. The van der Waals surface area contributed by atoms with Gasteiger partial charge in [0.1, 0.15) is 76.0 Å². The third kappa shape index (κ3) is 4.07. The fourth-order valence-corrected chi connectivity index (χ4v) is 4.80. The van der Waals surface area contributed by atoms with Gasteiger partial charge in [-0.15, -0.1) is 0 Å². The van der Waals surface area contributed by atoms with Crippen molar-refractivity contribution in [1.29, 1.82) is 0 Å². The second-order valence-corrected chi connectivity index (χ2v) is 9.39. The normalized spacial score (nSPS) is 33.8. The maximum absolute atomic E-state index is 13.2. The molecule has 0 aliphatic carbocycles. The van der Waals surface area contributed by atoms with Crippen LogP contribution in [0.5, 0.6) is 17.2 Å². The van der Waals surface area contributed by atoms with Gasteiger partial charge in [0.2, 0.25) is 5.43 Å². The van der Waals surface area contributed by atoms with Crippen LogP contribution in [0.1, 0.15) is 11.7 Å². The topological polar surface area (TPSA) is 240 Å². The Hall–Kier alpha value is -3.05. The van der Waals surface area contributed by atoms with E-state index in [9.17, 15) is 50.8 Å². The van der Waals surface area contributed by atoms with Crippen LogP contribution < -0.4 is 5.43 Å². The van der Waals surface area contributed by atoms with E-state index in [1.54, 1.807) is 0 Å². The molecular formula is C24H26O14. The van der Waals surface area contributed by atoms with Crippen LogP contribution in [-0.4, -0.2) is 108 Å². The molecule has 0 spiro atoms. The van der Waals surface area contributed by atoms with Crippen molar-refractivity contribution in [3.63, 3.8) is 0 Å². The van der Waals surface area contributed by atoms with Crippen molar-refractivity contribution in [3.05, 3.63) is 40.1 Å². The molecule has 2 aliphatic heterocycles. The van der Waals surface area contributed by atoms with Gasteiger partial charge in [0.05, 0.1) is 30.8 Å². The summed E-state index contributed by atoms with van der Waals surface area (Å²) in [6, 6.07) is 4.74. The molecule has 38 heavy (non-hydrogen) atoms. The predicted molar refractivity (Wildman–Crippen MR) is 124 cm³/mol. The molecule has 5 rings (SSSR count). The fourth-order valence-electron chi connectivity index (χ4n) is 4.80. The van der Waals surface area contributed by atoms with Gasteiger partial charge in [0, 0.05) is 6.07 Å². The first kappa shape index (κ1) is 26.6. The third-order valence-electron chi connectivity index (χ3n) is 6.96. The number of phenolic OH excluding ortho intramolecular Hbond substituents is 3. The van der Waals surface area contributed by atoms with Crippen LogP contribution >= 0.6 is 0 Å². The summed E-state index contributed by atoms with van der Waals surface area (Å²) in [5, 5.41) is 92.3. The number of aliphatic hydroxyl groups is 6. The summed E-state index contributed by atoms with van der Waals surface area (Å²) >= 11 is 0. The van der Waals surface area contributed by atoms with Crippen LogP contribution in [0.3, 0.4) is 0 Å². The Bertz CT molecular complexity index is 1420. The molecule has 0 saturated carbocycles. The molecule has 2 saturated heterocycles. The molecule has 2 fully saturated rings. The van der Waals surface area contributed by atoms with Crippen molar-refractivity contribution in [2.45, 2.75) is 48.5 Å². The number of fused-ring (bicyclic) bond motifs is 2. The summed E-state index contributed by atoms with van der Waals surface area (Å²) in [7, 11) is 0. The number of rotatable bonds is 5. The number of aliphatic hydroxyl groups excluding tert-OH is 5. The summed E-state index contributed by atoms with van der Waals surface area (Å²) < 4.78 is 22.1. The van der Waals surface area contributed by atoms with Gasteiger partial charge in [-0.25, -0.2) is 0 Å². The third-order valence-corrected chi connectivity index (χ3v) is 6.96. The molecule has 0 radical (unpaired) electrons. The van der Waals surface area contributed by atoms with E-state index in [-0.39, 0.29) is 22.3 Å². The molecule has 2 aromatic carbocycles. The summed E-state index contributed by atoms with van der Waals surface area (Å²) in [5.41, 5.74) is -3.51. The van der Waals surface area contributed by atoms with Gasteiger partial charge >= 0.3 is 0 Å². The van der Waals surface area contributed by atoms with Gasteiger partial charge in [-0.3, -0.25) is 4.79 Å². The highest BCUT2D eigenvalue weighted by Gasteiger charge is 2.53. The number of ether oxygens (including phenoxy) is 3. The van der Waals surface area contributed by atoms with Gasteiger partial charge in [0.15, 0.2) is 6.29 Å². The van der Waals surface area contributed by atoms with Crippen molar-refractivity contribution in [3.8, 4) is 17.2 Å². The lowest BCUT2D eigenvalue weighted by atomic mass is 9.89. The number of benzene rings is 2. The predicted octanol–water partition coefficient (Wildman–Crippen LogP) is -1.96. The van der Waals surface area contributed by atoms with E-state index in [2.05, 4.69) is 0 Å². The Morgan fingerprint density at radius 1 is 1.03 bits per heavy atom. The highest BCUT2D eigenvalue weighted by molar-refractivity contribution is 5.95. The second kappa shape index (κ2) is 9.60. The summed E-state index contributed by atoms with van der Waals surface area (Å²) in [6.07, 6.45) is -11.9. The summed E-state index contributed by atoms with van der Waals surface area (Å²) in [4.78, 5) is 13.2. The number of aromatic hydroxyl groups is 3. The molecule has 0 amide bonds. The van der Waals surface area contributed by atoms with Crippen molar-refractivity contribution in [1.82, 2.24) is 0 Å². The first-order valence-electron chi connectivity index (χ1n) is 11.6. The lowest BCUT2D eigenvalue weighted by Crippen LogP contribution is -2.58. The molecule has 14 nitrogen and oxygen atoms in total. The second-order valence-electron chi connectivity index (χ2n) is 9.39. The minimum atomic E-state index is -2.09. The highest BCUT2D eigenvalue weighted by Crippen LogP contribution is 2.46. The molecule has 0 bridgehead atoms. The SMILES string of the molecule is O=c1c2cc(O)ccc2oc2cc(O)c([C@H]3O[C@@H](CO)[C@H](O)[C@@H](O)[C@@H]3O[C@@H]3OC[C@](O)(CO)[C@@H]3O)c(O)c12. The van der Waals surface area contributed by atoms with Gasteiger partial charge < -0.3 is 64.6 Å². The van der Waals surface area contributed by atoms with Crippen molar-refractivity contribution < 1.29 is 64.6 Å². The van der Waals surface area contributed by atoms with E-state index < -0.39 is 96.2 Å². The molecule has 2 aliphatic rings. The molecular weight excluding hydrogens is 512 g/mol. The fraction of sp³-hybridized carbons (Fsp3) is 0.458. The van der Waals surface area contributed by atoms with Crippen LogP contribution in [-0.2, 0) is 14.2 Å². The molecule has 1 aromatic heterocycles. The quantitative estimate of drug-likeness (QED) is 0.160. The van der Waals surface area contributed by atoms with Gasteiger partial charge in [0.25, 0.3) is 0 Å². The maximum Gasteiger partial charge on any atom is 0.204 e. The zero-order valence-electron chi connectivity index (χ0n) is 19.5. The van der Waals surface area contributed by atoms with E-state index in [4.69, 9.17) is 18.6 Å². The van der Waals surface area contributed by atoms with E-state index in [0.717, 1.165) is 12.1 Å². The average molecular weight is 538 g/mol. The smallest absolute Gasteiger partial charge is 0.204 e. The zero-order chi connectivity index (χ0) is 27.5. The molecule has 3 aromatic rings. The lowest BCUT2D eigenvalue weighted by molar-refractivity contribution is -0.287. The lowest BCUT2D eigenvalue weighted by Gasteiger charge is -2.43. The monoisotopic (exact) mass is 538 g/mol. The number of hydrogen-bond donors (Lipinski definition) is 9. The largest absolute Gasteiger partial charge is 0.508 e. The Morgan fingerprint density at radius 3 is 2.42 bits per heavy atom. The Balaban J connectivity index is 1.64. The van der Waals surface area contributed by atoms with Crippen LogP contribution in [0.25, 0.3) is 21.9 Å². The van der Waals surface area contributed by atoms with Gasteiger partial charge in [-0.05, 0) is 18.2 Å². The van der Waals surface area contributed by atoms with E-state index >= 15 is 0 Å². The van der Waals surface area contributed by atoms with Crippen LogP contribution in [0.4, 0.5) is 0 Å². The molecule has 9 N–H and O–H groups in total. The number of phenols is 3. The van der Waals surface area contributed by atoms with E-state index in [0.29, 0.717) is 0 Å². The minimum Gasteiger partial charge on any atom is -0.508 e. The Kier molecular flexibility index (Phi) is 6.71. The highest BCUT2D eigenvalue weighted by atomic mass is 16.7. The number of hydrogen-bond acceptors (Lipinski definition) is 14.